The summed E-state index contributed by atoms with van der Waals surface area (Å²) in [5.41, 5.74) is 4.33. The molecule has 2 heteroatoms. The van der Waals surface area contributed by atoms with Crippen molar-refractivity contribution >= 4 is 26.5 Å². The predicted molar refractivity (Wildman–Crippen MR) is 81.1 cm³/mol. The Morgan fingerprint density at radius 2 is 1.12 bits per heavy atom. The average Bonchev–Trinajstić information content (AvgIpc) is 2.29. The summed E-state index contributed by atoms with van der Waals surface area (Å²) in [5.74, 6) is 0. The Kier molecular flexibility index (Phi) is 3.76. The first-order valence-corrected chi connectivity index (χ1v) is 11.9. The SMILES string of the molecule is C=C[Si](C)(C)c1ccccc1[Si](C)(C)C=C. The van der Waals surface area contributed by atoms with E-state index in [0.717, 1.165) is 0 Å². The highest BCUT2D eigenvalue weighted by atomic mass is 28.3. The molecule has 0 unspecified atom stereocenters. The maximum atomic E-state index is 4.01. The number of hydrogen-bond acceptors (Lipinski definition) is 0. The van der Waals surface area contributed by atoms with Gasteiger partial charge < -0.3 is 0 Å². The molecule has 0 nitrogen and oxygen atoms in total. The van der Waals surface area contributed by atoms with Gasteiger partial charge in [-0.05, 0) is 0 Å². The molecule has 0 N–H and O–H groups in total. The van der Waals surface area contributed by atoms with Crippen molar-refractivity contribution in [3.8, 4) is 0 Å². The summed E-state index contributed by atoms with van der Waals surface area (Å²) in [7, 11) is -2.95. The molecule has 0 aliphatic heterocycles. The van der Waals surface area contributed by atoms with Crippen molar-refractivity contribution in [2.24, 2.45) is 0 Å². The molecular formula is C14H22Si2. The number of benzene rings is 1. The van der Waals surface area contributed by atoms with E-state index >= 15 is 0 Å². The molecule has 0 aromatic heterocycles. The van der Waals surface area contributed by atoms with Gasteiger partial charge in [0, 0.05) is 0 Å². The van der Waals surface area contributed by atoms with Gasteiger partial charge >= 0.3 is 0 Å². The van der Waals surface area contributed by atoms with E-state index in [-0.39, 0.29) is 0 Å². The largest absolute Gasteiger partial charge is 0.107 e. The zero-order valence-corrected chi connectivity index (χ0v) is 12.9. The van der Waals surface area contributed by atoms with E-state index in [2.05, 4.69) is 75.0 Å². The highest BCUT2D eigenvalue weighted by molar-refractivity contribution is 7.03. The van der Waals surface area contributed by atoms with Crippen LogP contribution in [0.1, 0.15) is 0 Å². The molecule has 0 atom stereocenters. The molecule has 0 saturated heterocycles. The standard InChI is InChI=1S/C14H22Si2/c1-7-15(3,4)13-11-9-10-12-14(13)16(5,6)8-2/h7-12H,1-2H2,3-6H3. The summed E-state index contributed by atoms with van der Waals surface area (Å²) < 4.78 is 0. The van der Waals surface area contributed by atoms with Crippen LogP contribution in [0.15, 0.2) is 48.8 Å². The maximum absolute atomic E-state index is 4.01. The van der Waals surface area contributed by atoms with Crippen LogP contribution in [-0.2, 0) is 0 Å². The van der Waals surface area contributed by atoms with E-state index in [1.54, 1.807) is 0 Å². The van der Waals surface area contributed by atoms with Crippen LogP contribution in [0.5, 0.6) is 0 Å². The second kappa shape index (κ2) is 4.56. The average molecular weight is 247 g/mol. The summed E-state index contributed by atoms with van der Waals surface area (Å²) in [6.45, 7) is 17.4. The van der Waals surface area contributed by atoms with E-state index in [9.17, 15) is 0 Å². The van der Waals surface area contributed by atoms with E-state index in [4.69, 9.17) is 0 Å². The minimum atomic E-state index is -1.47. The smallest absolute Gasteiger partial charge is 0.103 e. The van der Waals surface area contributed by atoms with Crippen LogP contribution in [0.2, 0.25) is 26.2 Å². The fraction of sp³-hybridized carbons (Fsp3) is 0.286. The fourth-order valence-electron chi connectivity index (χ4n) is 1.83. The second-order valence-corrected chi connectivity index (χ2v) is 14.2. The normalized spacial score (nSPS) is 12.2. The topological polar surface area (TPSA) is 0 Å². The molecule has 0 radical (unpaired) electrons. The molecular weight excluding hydrogens is 224 g/mol. The van der Waals surface area contributed by atoms with E-state index < -0.39 is 16.1 Å². The van der Waals surface area contributed by atoms with E-state index in [0.29, 0.717) is 0 Å². The first kappa shape index (κ1) is 13.2. The molecule has 16 heavy (non-hydrogen) atoms. The van der Waals surface area contributed by atoms with Crippen molar-refractivity contribution in [2.75, 3.05) is 0 Å². The van der Waals surface area contributed by atoms with Gasteiger partial charge in [0.05, 0.1) is 0 Å². The molecule has 0 spiro atoms. The lowest BCUT2D eigenvalue weighted by molar-refractivity contribution is 1.71. The molecule has 0 saturated carbocycles. The minimum Gasteiger partial charge on any atom is -0.107 e. The van der Waals surface area contributed by atoms with E-state index in [1.165, 1.54) is 10.4 Å². The predicted octanol–water partition coefficient (Wildman–Crippen LogP) is 2.97. The molecule has 0 heterocycles. The Labute approximate surface area is 102 Å². The monoisotopic (exact) mass is 246 g/mol. The Hall–Kier alpha value is -0.866. The third kappa shape index (κ3) is 2.44. The molecule has 86 valence electrons. The summed E-state index contributed by atoms with van der Waals surface area (Å²) in [6.07, 6.45) is 0. The molecule has 1 rings (SSSR count). The molecule has 0 bridgehead atoms. The van der Waals surface area contributed by atoms with Gasteiger partial charge in [-0.1, -0.05) is 72.2 Å². The van der Waals surface area contributed by atoms with Gasteiger partial charge in [-0.2, -0.15) is 0 Å². The first-order valence-electron chi connectivity index (χ1n) is 5.72. The summed E-state index contributed by atoms with van der Waals surface area (Å²) in [6, 6.07) is 8.85. The quantitative estimate of drug-likeness (QED) is 0.717. The van der Waals surface area contributed by atoms with Gasteiger partial charge in [-0.3, -0.25) is 0 Å². The Bertz CT molecular complexity index is 364. The van der Waals surface area contributed by atoms with Gasteiger partial charge in [0.2, 0.25) is 0 Å². The van der Waals surface area contributed by atoms with Crippen molar-refractivity contribution in [1.82, 2.24) is 0 Å². The summed E-state index contributed by atoms with van der Waals surface area (Å²) in [4.78, 5) is 0. The maximum Gasteiger partial charge on any atom is 0.103 e. The molecule has 0 fully saturated rings. The van der Waals surface area contributed by atoms with Crippen LogP contribution in [-0.4, -0.2) is 16.1 Å². The van der Waals surface area contributed by atoms with Crippen molar-refractivity contribution in [2.45, 2.75) is 26.2 Å². The lowest BCUT2D eigenvalue weighted by atomic mass is 10.4. The van der Waals surface area contributed by atoms with Gasteiger partial charge in [0.25, 0.3) is 0 Å². The van der Waals surface area contributed by atoms with Crippen LogP contribution in [0.4, 0.5) is 0 Å². The van der Waals surface area contributed by atoms with Crippen molar-refractivity contribution < 1.29 is 0 Å². The molecule has 1 aromatic rings. The van der Waals surface area contributed by atoms with Crippen LogP contribution < -0.4 is 10.4 Å². The van der Waals surface area contributed by atoms with Gasteiger partial charge in [-0.25, -0.2) is 0 Å². The minimum absolute atomic E-state index is 1.47. The Morgan fingerprint density at radius 3 is 1.38 bits per heavy atom. The lowest BCUT2D eigenvalue weighted by Crippen LogP contribution is -2.57. The lowest BCUT2D eigenvalue weighted by Gasteiger charge is -2.28. The number of hydrogen-bond donors (Lipinski definition) is 0. The highest BCUT2D eigenvalue weighted by Crippen LogP contribution is 2.08. The van der Waals surface area contributed by atoms with Crippen LogP contribution in [0.3, 0.4) is 0 Å². The van der Waals surface area contributed by atoms with Gasteiger partial charge in [0.15, 0.2) is 0 Å². The molecule has 1 aromatic carbocycles. The highest BCUT2D eigenvalue weighted by Gasteiger charge is 2.29. The third-order valence-electron chi connectivity index (χ3n) is 3.34. The van der Waals surface area contributed by atoms with Crippen LogP contribution in [0, 0.1) is 0 Å². The Morgan fingerprint density at radius 1 is 0.812 bits per heavy atom. The van der Waals surface area contributed by atoms with Crippen molar-refractivity contribution in [1.29, 1.82) is 0 Å². The third-order valence-corrected chi connectivity index (χ3v) is 9.28. The first-order chi connectivity index (χ1) is 7.35. The molecule has 0 aliphatic carbocycles. The second-order valence-electron chi connectivity index (χ2n) is 5.40. The summed E-state index contributed by atoms with van der Waals surface area (Å²) >= 11 is 0. The van der Waals surface area contributed by atoms with Crippen molar-refractivity contribution in [3.63, 3.8) is 0 Å². The fourth-order valence-corrected chi connectivity index (χ4v) is 6.81. The zero-order chi connectivity index (χ0) is 12.4. The van der Waals surface area contributed by atoms with Gasteiger partial charge in [0.1, 0.15) is 16.1 Å². The van der Waals surface area contributed by atoms with Gasteiger partial charge in [-0.15, -0.1) is 13.2 Å². The molecule has 0 aliphatic rings. The van der Waals surface area contributed by atoms with Crippen LogP contribution >= 0.6 is 0 Å². The summed E-state index contributed by atoms with van der Waals surface area (Å²) in [5, 5.41) is 3.06. The molecule has 0 amide bonds. The van der Waals surface area contributed by atoms with Crippen LogP contribution in [0.25, 0.3) is 0 Å². The van der Waals surface area contributed by atoms with Crippen molar-refractivity contribution in [3.05, 3.63) is 48.8 Å². The number of rotatable bonds is 4. The Balaban J connectivity index is 3.42. The van der Waals surface area contributed by atoms with E-state index in [1.807, 2.05) is 0 Å². The zero-order valence-electron chi connectivity index (χ0n) is 10.9.